The summed E-state index contributed by atoms with van der Waals surface area (Å²) in [5.41, 5.74) is 5.69. The highest BCUT2D eigenvalue weighted by atomic mass is 16.5. The number of carboxylic acid groups (broad SMARTS) is 1. The molecule has 174 valence electrons. The molecule has 1 aliphatic rings. The Morgan fingerprint density at radius 3 is 2.18 bits per heavy atom. The average Bonchev–Trinajstić information content (AvgIpc) is 3.15. The summed E-state index contributed by atoms with van der Waals surface area (Å²) in [5.74, 6) is -1.78. The van der Waals surface area contributed by atoms with Crippen LogP contribution in [0.3, 0.4) is 0 Å². The van der Waals surface area contributed by atoms with Crippen molar-refractivity contribution in [2.75, 3.05) is 11.9 Å². The summed E-state index contributed by atoms with van der Waals surface area (Å²) in [7, 11) is 0. The maximum Gasteiger partial charge on any atom is 0.411 e. The third-order valence-electron chi connectivity index (χ3n) is 6.01. The Kier molecular flexibility index (Phi) is 6.63. The molecule has 34 heavy (non-hydrogen) atoms. The number of anilines is 1. The zero-order valence-corrected chi connectivity index (χ0v) is 19.0. The topological polar surface area (TPSA) is 105 Å². The lowest BCUT2D eigenvalue weighted by Crippen LogP contribution is -2.40. The second-order valence-electron chi connectivity index (χ2n) is 8.27. The molecule has 0 spiro atoms. The number of hydrogen-bond acceptors (Lipinski definition) is 4. The summed E-state index contributed by atoms with van der Waals surface area (Å²) < 4.78 is 5.57. The second kappa shape index (κ2) is 9.79. The van der Waals surface area contributed by atoms with Crippen LogP contribution in [0.5, 0.6) is 0 Å². The van der Waals surface area contributed by atoms with Crippen LogP contribution in [0.2, 0.25) is 0 Å². The largest absolute Gasteiger partial charge is 0.480 e. The number of aryl methyl sites for hydroxylation is 1. The number of ether oxygens (including phenoxy) is 1. The van der Waals surface area contributed by atoms with Crippen LogP contribution in [0.4, 0.5) is 10.5 Å². The Labute approximate surface area is 197 Å². The molecule has 0 fully saturated rings. The van der Waals surface area contributed by atoms with E-state index in [1.807, 2.05) is 43.3 Å². The summed E-state index contributed by atoms with van der Waals surface area (Å²) in [6, 6.07) is 20.1. The van der Waals surface area contributed by atoms with E-state index in [1.165, 1.54) is 0 Å². The van der Waals surface area contributed by atoms with Gasteiger partial charge in [0.2, 0.25) is 0 Å². The summed E-state index contributed by atoms with van der Waals surface area (Å²) in [4.78, 5) is 36.7. The molecule has 0 saturated heterocycles. The Balaban J connectivity index is 1.48. The number of carbonyl (C=O) groups excluding carboxylic acids is 2. The molecule has 0 radical (unpaired) electrons. The van der Waals surface area contributed by atoms with Gasteiger partial charge in [-0.3, -0.25) is 10.1 Å². The van der Waals surface area contributed by atoms with Crippen molar-refractivity contribution < 1.29 is 24.2 Å². The zero-order valence-electron chi connectivity index (χ0n) is 19.0. The van der Waals surface area contributed by atoms with E-state index in [2.05, 4.69) is 22.8 Å². The molecule has 1 aliphatic carbocycles. The normalized spacial score (nSPS) is 12.9. The van der Waals surface area contributed by atoms with Gasteiger partial charge in [0.05, 0.1) is 11.3 Å². The van der Waals surface area contributed by atoms with Crippen LogP contribution < -0.4 is 10.6 Å². The molecule has 3 N–H and O–H groups in total. The van der Waals surface area contributed by atoms with Crippen LogP contribution in [-0.4, -0.2) is 35.7 Å². The first kappa shape index (κ1) is 23.0. The number of carboxylic acids is 1. The van der Waals surface area contributed by atoms with E-state index in [0.29, 0.717) is 0 Å². The van der Waals surface area contributed by atoms with Crippen molar-refractivity contribution in [2.45, 2.75) is 32.2 Å². The van der Waals surface area contributed by atoms with Crippen LogP contribution in [-0.2, 0) is 9.53 Å². The molecule has 7 heteroatoms. The van der Waals surface area contributed by atoms with E-state index in [4.69, 9.17) is 4.74 Å². The molecule has 3 aromatic carbocycles. The molecule has 0 aliphatic heterocycles. The quantitative estimate of drug-likeness (QED) is 0.465. The van der Waals surface area contributed by atoms with Gasteiger partial charge in [0.25, 0.3) is 5.91 Å². The number of rotatable bonds is 7. The van der Waals surface area contributed by atoms with Crippen molar-refractivity contribution in [3.8, 4) is 11.1 Å². The third kappa shape index (κ3) is 4.64. The van der Waals surface area contributed by atoms with Gasteiger partial charge < -0.3 is 15.2 Å². The molecule has 2 amide bonds. The zero-order chi connectivity index (χ0) is 24.2. The fourth-order valence-electron chi connectivity index (χ4n) is 4.27. The lowest BCUT2D eigenvalue weighted by molar-refractivity contribution is -0.139. The van der Waals surface area contributed by atoms with Crippen molar-refractivity contribution in [2.24, 2.45) is 0 Å². The molecule has 0 bridgehead atoms. The highest BCUT2D eigenvalue weighted by Gasteiger charge is 2.29. The molecule has 0 saturated carbocycles. The lowest BCUT2D eigenvalue weighted by atomic mass is 9.98. The van der Waals surface area contributed by atoms with Crippen molar-refractivity contribution in [1.29, 1.82) is 0 Å². The molecular weight excluding hydrogens is 432 g/mol. The van der Waals surface area contributed by atoms with Gasteiger partial charge in [-0.05, 0) is 47.7 Å². The van der Waals surface area contributed by atoms with Crippen molar-refractivity contribution in [3.05, 3.63) is 89.0 Å². The maximum atomic E-state index is 12.7. The maximum absolute atomic E-state index is 12.7. The first-order valence-electron chi connectivity index (χ1n) is 11.1. The third-order valence-corrected chi connectivity index (χ3v) is 6.01. The van der Waals surface area contributed by atoms with Crippen LogP contribution in [0.15, 0.2) is 66.7 Å². The molecule has 4 rings (SSSR count). The number of fused-ring (bicyclic) bond motifs is 3. The summed E-state index contributed by atoms with van der Waals surface area (Å²) >= 11 is 0. The van der Waals surface area contributed by atoms with E-state index in [1.54, 1.807) is 25.1 Å². The molecule has 0 aromatic heterocycles. The number of carbonyl (C=O) groups is 3. The minimum atomic E-state index is -1.12. The van der Waals surface area contributed by atoms with E-state index >= 15 is 0 Å². The minimum Gasteiger partial charge on any atom is -0.480 e. The highest BCUT2D eigenvalue weighted by molar-refractivity contribution is 6.04. The first-order chi connectivity index (χ1) is 16.4. The molecule has 7 nitrogen and oxygen atoms in total. The molecule has 0 unspecified atom stereocenters. The van der Waals surface area contributed by atoms with Gasteiger partial charge in [0.1, 0.15) is 12.6 Å². The highest BCUT2D eigenvalue weighted by Crippen LogP contribution is 2.44. The Hall–Kier alpha value is -4.13. The van der Waals surface area contributed by atoms with Gasteiger partial charge in [-0.2, -0.15) is 0 Å². The lowest BCUT2D eigenvalue weighted by Gasteiger charge is -2.17. The molecule has 1 atom stereocenters. The van der Waals surface area contributed by atoms with Crippen molar-refractivity contribution in [3.63, 3.8) is 0 Å². The van der Waals surface area contributed by atoms with Gasteiger partial charge in [-0.15, -0.1) is 0 Å². The predicted molar refractivity (Wildman–Crippen MR) is 129 cm³/mol. The van der Waals surface area contributed by atoms with Crippen LogP contribution >= 0.6 is 0 Å². The van der Waals surface area contributed by atoms with Gasteiger partial charge in [0, 0.05) is 5.92 Å². The molecular formula is C27H26N2O5. The van der Waals surface area contributed by atoms with Crippen molar-refractivity contribution >= 4 is 23.7 Å². The van der Waals surface area contributed by atoms with E-state index in [-0.39, 0.29) is 30.2 Å². The second-order valence-corrected chi connectivity index (χ2v) is 8.27. The number of hydrogen-bond donors (Lipinski definition) is 3. The molecule has 3 aromatic rings. The Morgan fingerprint density at radius 2 is 1.59 bits per heavy atom. The summed E-state index contributed by atoms with van der Waals surface area (Å²) in [6.07, 6.45) is -0.452. The Morgan fingerprint density at radius 1 is 0.971 bits per heavy atom. The number of aliphatic carboxylic acids is 1. The summed E-state index contributed by atoms with van der Waals surface area (Å²) in [6.45, 7) is 3.62. The number of nitrogens with one attached hydrogen (secondary N) is 2. The predicted octanol–water partition coefficient (Wildman–Crippen LogP) is 4.95. The van der Waals surface area contributed by atoms with Crippen molar-refractivity contribution in [1.82, 2.24) is 5.32 Å². The van der Waals surface area contributed by atoms with E-state index in [9.17, 15) is 19.5 Å². The van der Waals surface area contributed by atoms with Crippen LogP contribution in [0.25, 0.3) is 11.1 Å². The van der Waals surface area contributed by atoms with E-state index < -0.39 is 24.0 Å². The van der Waals surface area contributed by atoms with Crippen LogP contribution in [0, 0.1) is 6.92 Å². The number of amides is 2. The smallest absolute Gasteiger partial charge is 0.411 e. The fourth-order valence-corrected chi connectivity index (χ4v) is 4.27. The SMILES string of the molecule is CC[C@H](NC(=O)c1cc(C)ccc1NC(=O)OCC1c2ccccc2-c2ccccc21)C(=O)O. The van der Waals surface area contributed by atoms with Gasteiger partial charge in [0.15, 0.2) is 0 Å². The monoisotopic (exact) mass is 458 g/mol. The summed E-state index contributed by atoms with van der Waals surface area (Å²) in [5, 5.41) is 14.4. The fraction of sp³-hybridized carbons (Fsp3) is 0.222. The van der Waals surface area contributed by atoms with Gasteiger partial charge in [-0.1, -0.05) is 67.1 Å². The average molecular weight is 459 g/mol. The standard InChI is InChI=1S/C27H26N2O5/c1-3-23(26(31)32)28-25(30)21-14-16(2)12-13-24(21)29-27(33)34-15-22-19-10-6-4-8-17(19)18-9-5-7-11-20(18)22/h4-14,22-23H,3,15H2,1-2H3,(H,28,30)(H,29,33)(H,31,32)/t23-/m0/s1. The molecule has 0 heterocycles. The Bertz CT molecular complexity index is 1210. The first-order valence-corrected chi connectivity index (χ1v) is 11.1. The van der Waals surface area contributed by atoms with Crippen LogP contribution in [0.1, 0.15) is 46.3 Å². The van der Waals surface area contributed by atoms with E-state index in [0.717, 1.165) is 27.8 Å². The van der Waals surface area contributed by atoms with Gasteiger partial charge >= 0.3 is 12.1 Å². The minimum absolute atomic E-state index is 0.0835. The number of benzene rings is 3. The van der Waals surface area contributed by atoms with Gasteiger partial charge in [-0.25, -0.2) is 9.59 Å².